The third-order valence-corrected chi connectivity index (χ3v) is 7.30. The fourth-order valence-corrected chi connectivity index (χ4v) is 5.50. The van der Waals surface area contributed by atoms with E-state index in [9.17, 15) is 25.9 Å². The Hall–Kier alpha value is -3.70. The SMILES string of the molecule is O=S(=O)([O-])c1ccccc1-c1ccnc2c1ccc1c(-c3ccccc3S(=O)(=O)[O-])ccnc12. The van der Waals surface area contributed by atoms with Crippen LogP contribution >= 0.6 is 0 Å². The molecule has 0 atom stereocenters. The lowest BCUT2D eigenvalue weighted by atomic mass is 9.96. The standard InChI is InChI=1S/C24H16N2O6S2/c27-33(28,29)21-7-3-1-5-17(21)15-11-13-25-23-19(15)9-10-20-16(12-14-26-24(20)23)18-6-2-4-8-22(18)34(30,31)32/h1-14H,(H,27,28,29)(H,30,31,32)/p-2. The molecule has 8 nitrogen and oxygen atoms in total. The van der Waals surface area contributed by atoms with Gasteiger partial charge in [-0.3, -0.25) is 9.97 Å². The van der Waals surface area contributed by atoms with Crippen molar-refractivity contribution in [3.05, 3.63) is 85.2 Å². The van der Waals surface area contributed by atoms with Crippen molar-refractivity contribution in [3.63, 3.8) is 0 Å². The van der Waals surface area contributed by atoms with Crippen LogP contribution in [0, 0.1) is 0 Å². The average Bonchev–Trinajstić information content (AvgIpc) is 2.82. The van der Waals surface area contributed by atoms with Crippen LogP contribution in [-0.4, -0.2) is 35.9 Å². The molecule has 170 valence electrons. The molecule has 2 aromatic heterocycles. The summed E-state index contributed by atoms with van der Waals surface area (Å²) in [7, 11) is -9.45. The van der Waals surface area contributed by atoms with E-state index in [1.807, 2.05) is 0 Å². The number of aromatic nitrogens is 2. The van der Waals surface area contributed by atoms with Gasteiger partial charge in [0.05, 0.1) is 20.8 Å². The van der Waals surface area contributed by atoms with Gasteiger partial charge in [0.2, 0.25) is 0 Å². The zero-order chi connectivity index (χ0) is 24.1. The van der Waals surface area contributed by atoms with Crippen LogP contribution in [0.3, 0.4) is 0 Å². The maximum atomic E-state index is 11.8. The Kier molecular flexibility index (Phi) is 5.18. The molecule has 2 heterocycles. The van der Waals surface area contributed by atoms with E-state index in [1.165, 1.54) is 36.7 Å². The highest BCUT2D eigenvalue weighted by atomic mass is 32.2. The predicted molar refractivity (Wildman–Crippen MR) is 124 cm³/mol. The van der Waals surface area contributed by atoms with E-state index in [0.29, 0.717) is 32.9 Å². The minimum atomic E-state index is -4.73. The lowest BCUT2D eigenvalue weighted by Crippen LogP contribution is -2.02. The Morgan fingerprint density at radius 1 is 0.500 bits per heavy atom. The smallest absolute Gasteiger partial charge is 0.125 e. The van der Waals surface area contributed by atoms with Crippen molar-refractivity contribution in [1.82, 2.24) is 9.97 Å². The van der Waals surface area contributed by atoms with Crippen molar-refractivity contribution in [2.45, 2.75) is 9.79 Å². The Bertz CT molecular complexity index is 1680. The Labute approximate surface area is 195 Å². The van der Waals surface area contributed by atoms with Crippen LogP contribution in [0.1, 0.15) is 0 Å². The fourth-order valence-electron chi connectivity index (χ4n) is 4.11. The topological polar surface area (TPSA) is 140 Å². The van der Waals surface area contributed by atoms with E-state index in [2.05, 4.69) is 9.97 Å². The highest BCUT2D eigenvalue weighted by Crippen LogP contribution is 2.38. The summed E-state index contributed by atoms with van der Waals surface area (Å²) in [5.41, 5.74) is 2.30. The highest BCUT2D eigenvalue weighted by Gasteiger charge is 2.17. The Balaban J connectivity index is 1.83. The molecule has 0 aliphatic heterocycles. The van der Waals surface area contributed by atoms with Crippen LogP contribution in [0.4, 0.5) is 0 Å². The van der Waals surface area contributed by atoms with Gasteiger partial charge in [0.25, 0.3) is 0 Å². The molecule has 5 aromatic rings. The van der Waals surface area contributed by atoms with Gasteiger partial charge in [0.1, 0.15) is 20.2 Å². The molecule has 0 unspecified atom stereocenters. The van der Waals surface area contributed by atoms with Crippen LogP contribution in [-0.2, 0) is 20.2 Å². The highest BCUT2D eigenvalue weighted by molar-refractivity contribution is 7.86. The van der Waals surface area contributed by atoms with E-state index in [4.69, 9.17) is 0 Å². The summed E-state index contributed by atoms with van der Waals surface area (Å²) in [5, 5.41) is 1.11. The van der Waals surface area contributed by atoms with Gasteiger partial charge in [-0.15, -0.1) is 0 Å². The van der Waals surface area contributed by atoms with Gasteiger partial charge in [-0.2, -0.15) is 0 Å². The summed E-state index contributed by atoms with van der Waals surface area (Å²) >= 11 is 0. The molecule has 0 bridgehead atoms. The lowest BCUT2D eigenvalue weighted by molar-refractivity contribution is 0.461. The monoisotopic (exact) mass is 490 g/mol. The third kappa shape index (κ3) is 3.72. The van der Waals surface area contributed by atoms with Crippen molar-refractivity contribution in [2.75, 3.05) is 0 Å². The summed E-state index contributed by atoms with van der Waals surface area (Å²) in [6.45, 7) is 0. The van der Waals surface area contributed by atoms with E-state index in [1.54, 1.807) is 48.5 Å². The molecule has 3 aromatic carbocycles. The van der Waals surface area contributed by atoms with Gasteiger partial charge in [0, 0.05) is 23.2 Å². The summed E-state index contributed by atoms with van der Waals surface area (Å²) < 4.78 is 71.0. The van der Waals surface area contributed by atoms with Gasteiger partial charge in [-0.25, -0.2) is 16.8 Å². The molecule has 0 saturated carbocycles. The van der Waals surface area contributed by atoms with Crippen molar-refractivity contribution in [2.24, 2.45) is 0 Å². The largest absolute Gasteiger partial charge is 0.744 e. The molecule has 10 heteroatoms. The second kappa shape index (κ2) is 7.96. The number of benzene rings is 3. The van der Waals surface area contributed by atoms with Crippen LogP contribution < -0.4 is 0 Å². The van der Waals surface area contributed by atoms with Crippen LogP contribution in [0.25, 0.3) is 44.1 Å². The predicted octanol–water partition coefficient (Wildman–Crippen LogP) is 3.93. The number of nitrogens with zero attached hydrogens (tertiary/aromatic N) is 2. The second-order valence-electron chi connectivity index (χ2n) is 7.48. The number of rotatable bonds is 4. The van der Waals surface area contributed by atoms with Gasteiger partial charge in [-0.1, -0.05) is 48.5 Å². The zero-order valence-corrected chi connectivity index (χ0v) is 18.9. The van der Waals surface area contributed by atoms with Crippen molar-refractivity contribution in [3.8, 4) is 22.3 Å². The first-order valence-corrected chi connectivity index (χ1v) is 12.7. The third-order valence-electron chi connectivity index (χ3n) is 5.51. The van der Waals surface area contributed by atoms with Crippen molar-refractivity contribution in [1.29, 1.82) is 0 Å². The molecule has 0 aliphatic rings. The van der Waals surface area contributed by atoms with E-state index < -0.39 is 20.2 Å². The maximum absolute atomic E-state index is 11.8. The minimum absolute atomic E-state index is 0.239. The molecule has 0 spiro atoms. The lowest BCUT2D eigenvalue weighted by Gasteiger charge is -2.16. The van der Waals surface area contributed by atoms with Crippen LogP contribution in [0.5, 0.6) is 0 Å². The van der Waals surface area contributed by atoms with E-state index in [-0.39, 0.29) is 20.9 Å². The number of hydrogen-bond acceptors (Lipinski definition) is 8. The first kappa shape index (κ1) is 22.1. The molecular weight excluding hydrogens is 476 g/mol. The fraction of sp³-hybridized carbons (Fsp3) is 0. The normalized spacial score (nSPS) is 12.3. The zero-order valence-electron chi connectivity index (χ0n) is 17.2. The van der Waals surface area contributed by atoms with Crippen LogP contribution in [0.2, 0.25) is 0 Å². The molecule has 34 heavy (non-hydrogen) atoms. The molecule has 0 saturated heterocycles. The summed E-state index contributed by atoms with van der Waals surface area (Å²) in [4.78, 5) is 8.15. The molecule has 0 N–H and O–H groups in total. The van der Waals surface area contributed by atoms with Crippen LogP contribution in [0.15, 0.2) is 95.0 Å². The Morgan fingerprint density at radius 3 is 1.26 bits per heavy atom. The van der Waals surface area contributed by atoms with Crippen molar-refractivity contribution < 1.29 is 25.9 Å². The molecular formula is C24H14N2O6S2-2. The van der Waals surface area contributed by atoms with E-state index in [0.717, 1.165) is 0 Å². The Morgan fingerprint density at radius 2 is 0.882 bits per heavy atom. The van der Waals surface area contributed by atoms with E-state index >= 15 is 0 Å². The van der Waals surface area contributed by atoms with Gasteiger partial charge in [0.15, 0.2) is 0 Å². The number of hydrogen-bond donors (Lipinski definition) is 0. The van der Waals surface area contributed by atoms with Gasteiger partial charge in [-0.05, 0) is 46.5 Å². The number of fused-ring (bicyclic) bond motifs is 3. The molecule has 0 aliphatic carbocycles. The first-order valence-electron chi connectivity index (χ1n) is 9.93. The minimum Gasteiger partial charge on any atom is -0.744 e. The summed E-state index contributed by atoms with van der Waals surface area (Å²) in [6, 6.07) is 18.4. The van der Waals surface area contributed by atoms with Crippen molar-refractivity contribution >= 4 is 42.0 Å². The summed E-state index contributed by atoms with van der Waals surface area (Å²) in [6.07, 6.45) is 2.96. The second-order valence-corrected chi connectivity index (χ2v) is 10.2. The quantitative estimate of drug-likeness (QED) is 0.273. The van der Waals surface area contributed by atoms with Gasteiger partial charge < -0.3 is 9.11 Å². The molecule has 0 radical (unpaired) electrons. The molecule has 0 fully saturated rings. The number of pyridine rings is 2. The summed E-state index contributed by atoms with van der Waals surface area (Å²) in [5.74, 6) is 0. The molecule has 0 amide bonds. The average molecular weight is 491 g/mol. The first-order chi connectivity index (χ1) is 16.2. The maximum Gasteiger partial charge on any atom is 0.125 e. The molecule has 5 rings (SSSR count). The van der Waals surface area contributed by atoms with Gasteiger partial charge >= 0.3 is 0 Å².